The van der Waals surface area contributed by atoms with Crippen LogP contribution in [-0.4, -0.2) is 61.1 Å². The Bertz CT molecular complexity index is 877. The molecule has 1 amide bonds. The van der Waals surface area contributed by atoms with Crippen molar-refractivity contribution < 1.29 is 23.7 Å². The number of amides is 1. The minimum Gasteiger partial charge on any atom is -0.497 e. The number of benzene rings is 1. The molecule has 0 unspecified atom stereocenters. The first kappa shape index (κ1) is 21.5. The van der Waals surface area contributed by atoms with Crippen LogP contribution in [0.5, 0.6) is 5.75 Å². The van der Waals surface area contributed by atoms with Crippen LogP contribution in [0.1, 0.15) is 20.8 Å². The van der Waals surface area contributed by atoms with Gasteiger partial charge in [-0.1, -0.05) is 0 Å². The molecule has 2 aromatic rings. The number of aromatic nitrogens is 2. The molecule has 1 fully saturated rings. The molecular weight excluding hydrogens is 390 g/mol. The maximum Gasteiger partial charge on any atom is 0.292 e. The van der Waals surface area contributed by atoms with E-state index < -0.39 is 0 Å². The quantitative estimate of drug-likeness (QED) is 0.550. The average molecular weight is 422 g/mol. The topological polar surface area (TPSA) is 78.2 Å². The van der Waals surface area contributed by atoms with E-state index in [2.05, 4.69) is 10.4 Å². The van der Waals surface area contributed by atoms with Crippen LogP contribution < -0.4 is 19.9 Å². The molecule has 1 aliphatic heterocycles. The number of nitrogens with zero attached hydrogens (tertiary/aromatic N) is 2. The van der Waals surface area contributed by atoms with Crippen molar-refractivity contribution in [1.82, 2.24) is 15.1 Å². The number of methoxy groups -OCH3 is 1. The van der Waals surface area contributed by atoms with Gasteiger partial charge in [-0.25, -0.2) is 0 Å². The molecule has 0 saturated carbocycles. The van der Waals surface area contributed by atoms with E-state index in [9.17, 15) is 4.79 Å². The number of carbonyl (C=O) groups excluding carboxylic acids is 1. The van der Waals surface area contributed by atoms with Gasteiger partial charge in [-0.2, -0.15) is 4.68 Å². The standard InChI is InChI=1S/C20H29N5O3S/c1-20(2,3)21-17(26)13-23-9-11-24(12-10-23)14-25-19(29)28-18(22-25)15-5-7-16(27-4)8-6-15/h5-8H,9-14H2,1-4H3,(H,21,26)/p+2. The average Bonchev–Trinajstić information content (AvgIpc) is 3.02. The Morgan fingerprint density at radius 3 is 2.41 bits per heavy atom. The van der Waals surface area contributed by atoms with Gasteiger partial charge in [0.1, 0.15) is 31.9 Å². The summed E-state index contributed by atoms with van der Waals surface area (Å²) in [6.45, 7) is 11.0. The van der Waals surface area contributed by atoms with E-state index in [-0.39, 0.29) is 11.4 Å². The molecule has 1 saturated heterocycles. The van der Waals surface area contributed by atoms with Crippen molar-refractivity contribution in [2.45, 2.75) is 33.0 Å². The van der Waals surface area contributed by atoms with E-state index in [1.807, 2.05) is 45.0 Å². The number of ether oxygens (including phenoxy) is 1. The summed E-state index contributed by atoms with van der Waals surface area (Å²) in [7, 11) is 1.64. The van der Waals surface area contributed by atoms with Crippen LogP contribution in [0.25, 0.3) is 11.5 Å². The summed E-state index contributed by atoms with van der Waals surface area (Å²) in [5.41, 5.74) is 0.680. The van der Waals surface area contributed by atoms with Gasteiger partial charge < -0.3 is 24.3 Å². The van der Waals surface area contributed by atoms with Crippen molar-refractivity contribution in [2.75, 3.05) is 39.8 Å². The van der Waals surface area contributed by atoms with Gasteiger partial charge in [-0.05, 0) is 57.3 Å². The fraction of sp³-hybridized carbons (Fsp3) is 0.550. The summed E-state index contributed by atoms with van der Waals surface area (Å²) in [5, 5.41) is 7.59. The minimum absolute atomic E-state index is 0.110. The summed E-state index contributed by atoms with van der Waals surface area (Å²) in [6, 6.07) is 7.55. The normalized spacial score (nSPS) is 19.7. The maximum atomic E-state index is 12.1. The summed E-state index contributed by atoms with van der Waals surface area (Å²) in [5.74, 6) is 1.41. The summed E-state index contributed by atoms with van der Waals surface area (Å²) < 4.78 is 12.6. The third kappa shape index (κ3) is 6.12. The highest BCUT2D eigenvalue weighted by molar-refractivity contribution is 7.71. The van der Waals surface area contributed by atoms with E-state index in [4.69, 9.17) is 21.4 Å². The first-order chi connectivity index (χ1) is 13.7. The van der Waals surface area contributed by atoms with Crippen molar-refractivity contribution in [3.8, 4) is 17.2 Å². The molecule has 3 rings (SSSR count). The summed E-state index contributed by atoms with van der Waals surface area (Å²) in [4.78, 5) is 15.2. The Hall–Kier alpha value is -2.23. The fourth-order valence-electron chi connectivity index (χ4n) is 3.45. The SMILES string of the molecule is COc1ccc(-c2nn(C[NH+]3CC[NH+](CC(=O)NC(C)(C)C)CC3)c(=S)o2)cc1. The summed E-state index contributed by atoms with van der Waals surface area (Å²) >= 11 is 5.36. The molecule has 1 aromatic carbocycles. The zero-order chi connectivity index (χ0) is 21.0. The van der Waals surface area contributed by atoms with E-state index in [1.165, 1.54) is 9.80 Å². The van der Waals surface area contributed by atoms with Gasteiger partial charge in [0.05, 0.1) is 7.11 Å². The first-order valence-electron chi connectivity index (χ1n) is 9.94. The Balaban J connectivity index is 1.53. The fourth-order valence-corrected chi connectivity index (χ4v) is 3.63. The lowest BCUT2D eigenvalue weighted by molar-refractivity contribution is -1.02. The van der Waals surface area contributed by atoms with Crippen molar-refractivity contribution >= 4 is 18.1 Å². The maximum absolute atomic E-state index is 12.1. The second kappa shape index (κ2) is 9.06. The smallest absolute Gasteiger partial charge is 0.292 e. The second-order valence-corrected chi connectivity index (χ2v) is 8.88. The molecule has 1 aromatic heterocycles. The van der Waals surface area contributed by atoms with Gasteiger partial charge in [0.2, 0.25) is 5.89 Å². The van der Waals surface area contributed by atoms with Crippen LogP contribution in [0.3, 0.4) is 0 Å². The van der Waals surface area contributed by atoms with Crippen LogP contribution >= 0.6 is 12.2 Å². The van der Waals surface area contributed by atoms with Gasteiger partial charge in [-0.15, -0.1) is 5.10 Å². The predicted molar refractivity (Wildman–Crippen MR) is 111 cm³/mol. The monoisotopic (exact) mass is 421 g/mol. The molecule has 0 spiro atoms. The number of quaternary nitrogens is 2. The van der Waals surface area contributed by atoms with Crippen molar-refractivity contribution in [3.63, 3.8) is 0 Å². The van der Waals surface area contributed by atoms with Crippen LogP contribution in [0.15, 0.2) is 28.7 Å². The minimum atomic E-state index is -0.186. The van der Waals surface area contributed by atoms with Gasteiger partial charge in [0, 0.05) is 11.1 Å². The Kier molecular flexibility index (Phi) is 6.71. The molecule has 0 radical (unpaired) electrons. The van der Waals surface area contributed by atoms with Gasteiger partial charge in [0.15, 0.2) is 13.2 Å². The van der Waals surface area contributed by atoms with Crippen LogP contribution in [-0.2, 0) is 11.5 Å². The number of nitrogens with one attached hydrogen (secondary N) is 3. The van der Waals surface area contributed by atoms with Crippen LogP contribution in [0.2, 0.25) is 0 Å². The Labute approximate surface area is 176 Å². The highest BCUT2D eigenvalue weighted by Crippen LogP contribution is 2.20. The highest BCUT2D eigenvalue weighted by Gasteiger charge is 2.27. The highest BCUT2D eigenvalue weighted by atomic mass is 32.1. The predicted octanol–water partition coefficient (Wildman–Crippen LogP) is -0.463. The number of hydrogen-bond acceptors (Lipinski definition) is 5. The van der Waals surface area contributed by atoms with Crippen molar-refractivity contribution in [3.05, 3.63) is 29.1 Å². The van der Waals surface area contributed by atoms with E-state index in [0.717, 1.165) is 37.5 Å². The molecule has 1 aliphatic rings. The molecule has 0 atom stereocenters. The van der Waals surface area contributed by atoms with E-state index in [0.29, 0.717) is 23.9 Å². The van der Waals surface area contributed by atoms with Crippen molar-refractivity contribution in [1.29, 1.82) is 0 Å². The molecule has 8 nitrogen and oxygen atoms in total. The molecule has 0 bridgehead atoms. The zero-order valence-electron chi connectivity index (χ0n) is 17.6. The van der Waals surface area contributed by atoms with Gasteiger partial charge in [-0.3, -0.25) is 4.79 Å². The molecule has 158 valence electrons. The van der Waals surface area contributed by atoms with Gasteiger partial charge >= 0.3 is 0 Å². The molecule has 2 heterocycles. The second-order valence-electron chi connectivity index (χ2n) is 8.53. The molecule has 9 heteroatoms. The molecular formula is C20H31N5O3S+2. The lowest BCUT2D eigenvalue weighted by Gasteiger charge is -2.30. The molecule has 29 heavy (non-hydrogen) atoms. The lowest BCUT2D eigenvalue weighted by atomic mass is 10.1. The zero-order valence-corrected chi connectivity index (χ0v) is 18.4. The summed E-state index contributed by atoms with van der Waals surface area (Å²) in [6.07, 6.45) is 0. The Morgan fingerprint density at radius 2 is 1.83 bits per heavy atom. The first-order valence-corrected chi connectivity index (χ1v) is 10.3. The van der Waals surface area contributed by atoms with Crippen LogP contribution in [0.4, 0.5) is 0 Å². The lowest BCUT2D eigenvalue weighted by Crippen LogP contribution is -3.28. The Morgan fingerprint density at radius 1 is 1.21 bits per heavy atom. The number of carbonyl (C=O) groups is 1. The van der Waals surface area contributed by atoms with Gasteiger partial charge in [0.25, 0.3) is 10.7 Å². The van der Waals surface area contributed by atoms with Crippen LogP contribution in [0, 0.1) is 4.84 Å². The molecule has 3 N–H and O–H groups in total. The number of rotatable bonds is 6. The molecule has 0 aliphatic carbocycles. The third-order valence-electron chi connectivity index (χ3n) is 4.91. The number of piperazine rings is 1. The van der Waals surface area contributed by atoms with Crippen molar-refractivity contribution in [2.24, 2.45) is 0 Å². The number of hydrogen-bond donors (Lipinski definition) is 3. The van der Waals surface area contributed by atoms with E-state index in [1.54, 1.807) is 11.8 Å². The third-order valence-corrected chi connectivity index (χ3v) is 5.20. The van der Waals surface area contributed by atoms with E-state index >= 15 is 0 Å². The largest absolute Gasteiger partial charge is 0.497 e.